The number of methoxy groups -OCH3 is 4. The summed E-state index contributed by atoms with van der Waals surface area (Å²) in [4.78, 5) is 56.2. The van der Waals surface area contributed by atoms with Crippen LogP contribution in [-0.2, 0) is 38.1 Å². The van der Waals surface area contributed by atoms with Gasteiger partial charge in [-0.05, 0) is 13.0 Å². The number of nitrogens with zero attached hydrogens (tertiary/aromatic N) is 4. The van der Waals surface area contributed by atoms with Gasteiger partial charge in [0.1, 0.15) is 6.04 Å². The van der Waals surface area contributed by atoms with E-state index in [9.17, 15) is 19.2 Å². The molecule has 1 heterocycles. The maximum Gasteiger partial charge on any atom is 0.323 e. The minimum absolute atomic E-state index is 0.0741. The number of esters is 4. The van der Waals surface area contributed by atoms with Crippen LogP contribution in [0.2, 0.25) is 0 Å². The minimum atomic E-state index is -0.552. The van der Waals surface area contributed by atoms with Crippen LogP contribution in [0.3, 0.4) is 0 Å². The average Bonchev–Trinajstić information content (AvgIpc) is 2.86. The van der Waals surface area contributed by atoms with E-state index in [0.717, 1.165) is 0 Å². The Labute approximate surface area is 207 Å². The molecule has 0 saturated carbocycles. The molecule has 1 rings (SSSR count). The van der Waals surface area contributed by atoms with Gasteiger partial charge in [0.05, 0.1) is 48.1 Å². The van der Waals surface area contributed by atoms with Crippen LogP contribution in [0.15, 0.2) is 0 Å². The summed E-state index contributed by atoms with van der Waals surface area (Å²) in [6, 6.07) is -0.552. The van der Waals surface area contributed by atoms with E-state index in [0.29, 0.717) is 65.3 Å². The molecule has 1 atom stereocenters. The Morgan fingerprint density at radius 3 is 1.26 bits per heavy atom. The predicted molar refractivity (Wildman–Crippen MR) is 126 cm³/mol. The maximum absolute atomic E-state index is 12.5. The summed E-state index contributed by atoms with van der Waals surface area (Å²) in [5, 5.41) is 0. The lowest BCUT2D eigenvalue weighted by molar-refractivity contribution is -0.148. The molecule has 2 N–H and O–H groups in total. The molecule has 0 aromatic rings. The van der Waals surface area contributed by atoms with Crippen molar-refractivity contribution >= 4 is 23.9 Å². The summed E-state index contributed by atoms with van der Waals surface area (Å²) in [5.74, 6) is -1.51. The van der Waals surface area contributed by atoms with E-state index in [2.05, 4.69) is 0 Å². The number of hydrogen-bond donors (Lipinski definition) is 1. The van der Waals surface area contributed by atoms with Gasteiger partial charge < -0.3 is 24.7 Å². The van der Waals surface area contributed by atoms with Crippen LogP contribution < -0.4 is 5.73 Å². The zero-order valence-electron chi connectivity index (χ0n) is 21.4. The lowest BCUT2D eigenvalue weighted by Crippen LogP contribution is -2.52. The van der Waals surface area contributed by atoms with Crippen molar-refractivity contribution < 1.29 is 38.1 Å². The monoisotopic (exact) mass is 503 g/mol. The van der Waals surface area contributed by atoms with Gasteiger partial charge in [-0.3, -0.25) is 38.8 Å². The summed E-state index contributed by atoms with van der Waals surface area (Å²) in [5.41, 5.74) is 5.77. The second-order valence-electron chi connectivity index (χ2n) is 8.21. The molecule has 1 aliphatic heterocycles. The first-order valence-corrected chi connectivity index (χ1v) is 11.7. The number of nitrogens with two attached hydrogens (primary N) is 1. The van der Waals surface area contributed by atoms with Gasteiger partial charge in [0.2, 0.25) is 0 Å². The number of rotatable bonds is 10. The molecule has 1 fully saturated rings. The highest BCUT2D eigenvalue weighted by atomic mass is 16.5. The Kier molecular flexibility index (Phi) is 15.1. The Morgan fingerprint density at radius 2 is 0.971 bits per heavy atom. The van der Waals surface area contributed by atoms with Gasteiger partial charge in [-0.25, -0.2) is 0 Å². The number of carbonyl (C=O) groups is 4. The largest absolute Gasteiger partial charge is 0.468 e. The van der Waals surface area contributed by atoms with E-state index in [1.807, 2.05) is 19.6 Å². The first kappa shape index (κ1) is 30.7. The number of ether oxygens (including phenoxy) is 4. The summed E-state index contributed by atoms with van der Waals surface area (Å²) in [7, 11) is 5.34. The van der Waals surface area contributed by atoms with Gasteiger partial charge in [0, 0.05) is 52.4 Å². The van der Waals surface area contributed by atoms with E-state index < -0.39 is 6.04 Å². The molecule has 1 unspecified atom stereocenters. The van der Waals surface area contributed by atoms with Crippen LogP contribution in [0.1, 0.15) is 6.42 Å². The Morgan fingerprint density at radius 1 is 0.629 bits per heavy atom. The molecule has 0 aromatic heterocycles. The summed E-state index contributed by atoms with van der Waals surface area (Å²) in [6.07, 6.45) is 0.410. The molecule has 13 heteroatoms. The van der Waals surface area contributed by atoms with Crippen molar-refractivity contribution in [2.24, 2.45) is 5.73 Å². The smallest absolute Gasteiger partial charge is 0.323 e. The van der Waals surface area contributed by atoms with Crippen molar-refractivity contribution in [2.75, 3.05) is 107 Å². The van der Waals surface area contributed by atoms with Crippen LogP contribution in [0, 0.1) is 0 Å². The van der Waals surface area contributed by atoms with E-state index >= 15 is 0 Å². The van der Waals surface area contributed by atoms with Crippen molar-refractivity contribution in [1.82, 2.24) is 19.6 Å². The zero-order chi connectivity index (χ0) is 26.2. The summed E-state index contributed by atoms with van der Waals surface area (Å²) < 4.78 is 19.5. The normalized spacial score (nSPS) is 18.5. The maximum atomic E-state index is 12.5. The summed E-state index contributed by atoms with van der Waals surface area (Å²) in [6.45, 7) is 4.33. The first-order valence-electron chi connectivity index (χ1n) is 11.7. The van der Waals surface area contributed by atoms with Gasteiger partial charge >= 0.3 is 23.9 Å². The minimum Gasteiger partial charge on any atom is -0.468 e. The topological polar surface area (TPSA) is 144 Å². The second-order valence-corrected chi connectivity index (χ2v) is 8.21. The lowest BCUT2D eigenvalue weighted by atomic mass is 10.1. The molecular formula is C22H41N5O8. The summed E-state index contributed by atoms with van der Waals surface area (Å²) >= 11 is 0. The fraction of sp³-hybridized carbons (Fsp3) is 0.818. The van der Waals surface area contributed by atoms with E-state index in [4.69, 9.17) is 24.7 Å². The average molecular weight is 504 g/mol. The molecule has 0 amide bonds. The van der Waals surface area contributed by atoms with Gasteiger partial charge in [-0.2, -0.15) is 0 Å². The fourth-order valence-corrected chi connectivity index (χ4v) is 3.82. The van der Waals surface area contributed by atoms with E-state index in [-0.39, 0.29) is 43.5 Å². The molecule has 0 spiro atoms. The van der Waals surface area contributed by atoms with Gasteiger partial charge in [0.25, 0.3) is 0 Å². The SMILES string of the molecule is COC(=O)CN1CCN(CC(=O)OC)CCN(C(CCN)C(=O)OC)CCN(CC(=O)OC)CC1. The Balaban J connectivity index is 3.16. The molecule has 13 nitrogen and oxygen atoms in total. The van der Waals surface area contributed by atoms with E-state index in [1.54, 1.807) is 0 Å². The van der Waals surface area contributed by atoms with Crippen molar-refractivity contribution in [3.8, 4) is 0 Å². The van der Waals surface area contributed by atoms with Crippen molar-refractivity contribution in [3.63, 3.8) is 0 Å². The van der Waals surface area contributed by atoms with Crippen LogP contribution in [0.4, 0.5) is 0 Å². The Hall–Kier alpha value is -2.32. The molecule has 0 radical (unpaired) electrons. The van der Waals surface area contributed by atoms with Crippen LogP contribution in [0.5, 0.6) is 0 Å². The standard InChI is InChI=1S/C22H41N5O8/c1-32-19(28)15-24-7-9-25(16-20(29)33-2)11-13-27(18(5-6-23)22(31)35-4)14-12-26(10-8-24)17-21(30)34-3/h18H,5-17,23H2,1-4H3. The molecule has 0 aliphatic carbocycles. The van der Waals surface area contributed by atoms with Crippen molar-refractivity contribution in [1.29, 1.82) is 0 Å². The highest BCUT2D eigenvalue weighted by Crippen LogP contribution is 2.09. The van der Waals surface area contributed by atoms with Crippen molar-refractivity contribution in [3.05, 3.63) is 0 Å². The van der Waals surface area contributed by atoms with Crippen molar-refractivity contribution in [2.45, 2.75) is 12.5 Å². The molecular weight excluding hydrogens is 462 g/mol. The van der Waals surface area contributed by atoms with Gasteiger partial charge in [-0.1, -0.05) is 0 Å². The molecule has 202 valence electrons. The molecule has 35 heavy (non-hydrogen) atoms. The molecule has 1 aliphatic rings. The van der Waals surface area contributed by atoms with Crippen LogP contribution >= 0.6 is 0 Å². The second kappa shape index (κ2) is 17.2. The third-order valence-corrected chi connectivity index (χ3v) is 5.97. The van der Waals surface area contributed by atoms with Crippen LogP contribution in [-0.4, -0.2) is 156 Å². The number of carbonyl (C=O) groups excluding carboxylic acids is 4. The highest BCUT2D eigenvalue weighted by Gasteiger charge is 2.28. The third-order valence-electron chi connectivity index (χ3n) is 5.97. The third kappa shape index (κ3) is 11.8. The predicted octanol–water partition coefficient (Wildman–Crippen LogP) is -2.38. The Bertz CT molecular complexity index is 646. The molecule has 1 saturated heterocycles. The van der Waals surface area contributed by atoms with E-state index in [1.165, 1.54) is 28.4 Å². The van der Waals surface area contributed by atoms with Crippen LogP contribution in [0.25, 0.3) is 0 Å². The quantitative estimate of drug-likeness (QED) is 0.250. The van der Waals surface area contributed by atoms with Gasteiger partial charge in [-0.15, -0.1) is 0 Å². The van der Waals surface area contributed by atoms with Gasteiger partial charge in [0.15, 0.2) is 0 Å². The lowest BCUT2D eigenvalue weighted by Gasteiger charge is -2.35. The molecule has 0 bridgehead atoms. The fourth-order valence-electron chi connectivity index (χ4n) is 3.82. The highest BCUT2D eigenvalue weighted by molar-refractivity contribution is 5.75. The number of hydrogen-bond acceptors (Lipinski definition) is 13. The first-order chi connectivity index (χ1) is 16.8. The molecule has 0 aromatic carbocycles. The zero-order valence-corrected chi connectivity index (χ0v) is 21.4.